The molecule has 20 heavy (non-hydrogen) atoms. The number of nitrogens with two attached hydrogens (primary N) is 1. The second kappa shape index (κ2) is 5.36. The smallest absolute Gasteiger partial charge is 0.136 e. The predicted molar refractivity (Wildman–Crippen MR) is 78.7 cm³/mol. The Morgan fingerprint density at radius 2 is 2.15 bits per heavy atom. The van der Waals surface area contributed by atoms with Crippen LogP contribution in [0.25, 0.3) is 0 Å². The maximum atomic E-state index is 5.83. The number of anilines is 2. The van der Waals surface area contributed by atoms with Crippen LogP contribution in [0.15, 0.2) is 30.3 Å². The Morgan fingerprint density at radius 1 is 1.30 bits per heavy atom. The molecule has 1 fully saturated rings. The van der Waals surface area contributed by atoms with Crippen LogP contribution in [0.4, 0.5) is 11.6 Å². The normalized spacial score (nSPS) is 14.1. The molecule has 1 heterocycles. The number of benzene rings is 1. The van der Waals surface area contributed by atoms with Crippen molar-refractivity contribution in [1.29, 1.82) is 0 Å². The topological polar surface area (TPSA) is 73.1 Å². The van der Waals surface area contributed by atoms with E-state index in [2.05, 4.69) is 15.3 Å². The maximum Gasteiger partial charge on any atom is 0.136 e. The minimum absolute atomic E-state index is 0.496. The third-order valence-electron chi connectivity index (χ3n) is 3.31. The van der Waals surface area contributed by atoms with Crippen LogP contribution in [0.1, 0.15) is 30.1 Å². The SMILES string of the molecule is COc1cccc(CNc2cc(N)nc(C3CC3)n2)c1. The van der Waals surface area contributed by atoms with Gasteiger partial charge in [0, 0.05) is 18.5 Å². The molecule has 0 saturated heterocycles. The van der Waals surface area contributed by atoms with E-state index in [0.717, 1.165) is 23.0 Å². The van der Waals surface area contributed by atoms with Gasteiger partial charge >= 0.3 is 0 Å². The molecule has 0 spiro atoms. The molecule has 104 valence electrons. The summed E-state index contributed by atoms with van der Waals surface area (Å²) in [6.07, 6.45) is 2.33. The molecular formula is C15H18N4O. The maximum absolute atomic E-state index is 5.83. The first-order valence-corrected chi connectivity index (χ1v) is 6.76. The van der Waals surface area contributed by atoms with Crippen molar-refractivity contribution < 1.29 is 4.74 Å². The highest BCUT2D eigenvalue weighted by atomic mass is 16.5. The van der Waals surface area contributed by atoms with Crippen molar-refractivity contribution in [3.05, 3.63) is 41.7 Å². The zero-order chi connectivity index (χ0) is 13.9. The molecule has 2 aromatic rings. The van der Waals surface area contributed by atoms with Gasteiger partial charge in [0.2, 0.25) is 0 Å². The highest BCUT2D eigenvalue weighted by Crippen LogP contribution is 2.38. The zero-order valence-corrected chi connectivity index (χ0v) is 11.5. The van der Waals surface area contributed by atoms with Crippen LogP contribution in [0.5, 0.6) is 5.75 Å². The first kappa shape index (κ1) is 12.7. The molecule has 3 rings (SSSR count). The van der Waals surface area contributed by atoms with Crippen molar-refractivity contribution in [2.24, 2.45) is 0 Å². The van der Waals surface area contributed by atoms with Crippen molar-refractivity contribution in [2.75, 3.05) is 18.2 Å². The van der Waals surface area contributed by atoms with Crippen molar-refractivity contribution in [1.82, 2.24) is 9.97 Å². The molecule has 0 atom stereocenters. The number of hydrogen-bond donors (Lipinski definition) is 2. The van der Waals surface area contributed by atoms with Crippen molar-refractivity contribution in [3.63, 3.8) is 0 Å². The Kier molecular flexibility index (Phi) is 3.41. The third kappa shape index (κ3) is 2.99. The quantitative estimate of drug-likeness (QED) is 0.873. The molecule has 0 unspecified atom stereocenters. The van der Waals surface area contributed by atoms with E-state index in [0.29, 0.717) is 18.3 Å². The molecule has 0 amide bonds. The third-order valence-corrected chi connectivity index (χ3v) is 3.31. The molecular weight excluding hydrogens is 252 g/mol. The molecule has 1 aliphatic rings. The summed E-state index contributed by atoms with van der Waals surface area (Å²) in [7, 11) is 1.67. The van der Waals surface area contributed by atoms with E-state index in [9.17, 15) is 0 Å². The van der Waals surface area contributed by atoms with Gasteiger partial charge in [-0.05, 0) is 30.5 Å². The summed E-state index contributed by atoms with van der Waals surface area (Å²) in [6.45, 7) is 0.678. The van der Waals surface area contributed by atoms with E-state index in [1.54, 1.807) is 13.2 Å². The van der Waals surface area contributed by atoms with Crippen LogP contribution in [0.2, 0.25) is 0 Å². The molecule has 1 aromatic carbocycles. The van der Waals surface area contributed by atoms with Crippen LogP contribution < -0.4 is 15.8 Å². The lowest BCUT2D eigenvalue weighted by molar-refractivity contribution is 0.414. The van der Waals surface area contributed by atoms with Crippen molar-refractivity contribution >= 4 is 11.6 Å². The number of nitrogens with one attached hydrogen (secondary N) is 1. The molecule has 5 heteroatoms. The fourth-order valence-corrected chi connectivity index (χ4v) is 2.08. The lowest BCUT2D eigenvalue weighted by atomic mass is 10.2. The lowest BCUT2D eigenvalue weighted by Crippen LogP contribution is -2.06. The van der Waals surface area contributed by atoms with E-state index in [1.807, 2.05) is 24.3 Å². The summed E-state index contributed by atoms with van der Waals surface area (Å²) >= 11 is 0. The number of rotatable bonds is 5. The molecule has 1 aliphatic carbocycles. The molecule has 5 nitrogen and oxygen atoms in total. The van der Waals surface area contributed by atoms with E-state index in [1.165, 1.54) is 12.8 Å². The Morgan fingerprint density at radius 3 is 2.90 bits per heavy atom. The number of ether oxygens (including phenoxy) is 1. The van der Waals surface area contributed by atoms with Gasteiger partial charge in [0.15, 0.2) is 0 Å². The van der Waals surface area contributed by atoms with Gasteiger partial charge in [0.1, 0.15) is 23.2 Å². The lowest BCUT2D eigenvalue weighted by Gasteiger charge is -2.09. The van der Waals surface area contributed by atoms with Crippen molar-refractivity contribution in [2.45, 2.75) is 25.3 Å². The van der Waals surface area contributed by atoms with E-state index in [4.69, 9.17) is 10.5 Å². The second-order valence-corrected chi connectivity index (χ2v) is 5.02. The number of nitrogens with zero attached hydrogens (tertiary/aromatic N) is 2. The summed E-state index contributed by atoms with van der Waals surface area (Å²) in [5, 5.41) is 3.29. The number of methoxy groups -OCH3 is 1. The average molecular weight is 270 g/mol. The summed E-state index contributed by atoms with van der Waals surface area (Å²) in [5.41, 5.74) is 6.96. The molecule has 0 radical (unpaired) electrons. The first-order valence-electron chi connectivity index (χ1n) is 6.76. The second-order valence-electron chi connectivity index (χ2n) is 5.02. The molecule has 1 aromatic heterocycles. The summed E-state index contributed by atoms with van der Waals surface area (Å²) in [6, 6.07) is 9.71. The van der Waals surface area contributed by atoms with Gasteiger partial charge in [0.05, 0.1) is 7.11 Å². The van der Waals surface area contributed by atoms with Gasteiger partial charge < -0.3 is 15.8 Å². The fourth-order valence-electron chi connectivity index (χ4n) is 2.08. The fraction of sp³-hybridized carbons (Fsp3) is 0.333. The van der Waals surface area contributed by atoms with Crippen molar-refractivity contribution in [3.8, 4) is 5.75 Å². The average Bonchev–Trinajstić information content (AvgIpc) is 3.29. The van der Waals surface area contributed by atoms with Crippen LogP contribution >= 0.6 is 0 Å². The van der Waals surface area contributed by atoms with Crippen LogP contribution in [0.3, 0.4) is 0 Å². The van der Waals surface area contributed by atoms with Crippen LogP contribution in [-0.2, 0) is 6.54 Å². The van der Waals surface area contributed by atoms with Gasteiger partial charge in [-0.1, -0.05) is 12.1 Å². The Bertz CT molecular complexity index is 611. The Balaban J connectivity index is 1.71. The highest BCUT2D eigenvalue weighted by Gasteiger charge is 2.27. The van der Waals surface area contributed by atoms with E-state index in [-0.39, 0.29) is 0 Å². The minimum Gasteiger partial charge on any atom is -0.497 e. The zero-order valence-electron chi connectivity index (χ0n) is 11.5. The molecule has 0 bridgehead atoms. The minimum atomic E-state index is 0.496. The van der Waals surface area contributed by atoms with E-state index < -0.39 is 0 Å². The van der Waals surface area contributed by atoms with Gasteiger partial charge in [0.25, 0.3) is 0 Å². The van der Waals surface area contributed by atoms with Gasteiger partial charge in [-0.15, -0.1) is 0 Å². The molecule has 3 N–H and O–H groups in total. The van der Waals surface area contributed by atoms with Gasteiger partial charge in [-0.2, -0.15) is 0 Å². The molecule has 0 aliphatic heterocycles. The monoisotopic (exact) mass is 270 g/mol. The summed E-state index contributed by atoms with van der Waals surface area (Å²) in [4.78, 5) is 8.80. The number of nitrogen functional groups attached to an aromatic ring is 1. The van der Waals surface area contributed by atoms with Gasteiger partial charge in [-0.3, -0.25) is 0 Å². The molecule has 1 saturated carbocycles. The predicted octanol–water partition coefficient (Wildman–Crippen LogP) is 2.56. The Labute approximate surface area is 118 Å². The number of aromatic nitrogens is 2. The Hall–Kier alpha value is -2.30. The van der Waals surface area contributed by atoms with E-state index >= 15 is 0 Å². The first-order chi connectivity index (χ1) is 9.74. The van der Waals surface area contributed by atoms with Crippen LogP contribution in [-0.4, -0.2) is 17.1 Å². The summed E-state index contributed by atoms with van der Waals surface area (Å²) < 4.78 is 5.21. The summed E-state index contributed by atoms with van der Waals surface area (Å²) in [5.74, 6) is 3.51. The van der Waals surface area contributed by atoms with Gasteiger partial charge in [-0.25, -0.2) is 9.97 Å². The van der Waals surface area contributed by atoms with Crippen LogP contribution in [0, 0.1) is 0 Å². The number of hydrogen-bond acceptors (Lipinski definition) is 5. The standard InChI is InChI=1S/C15H18N4O/c1-20-12-4-2-3-10(7-12)9-17-14-8-13(16)18-15(19-14)11-5-6-11/h2-4,7-8,11H,5-6,9H2,1H3,(H3,16,17,18,19). The largest absolute Gasteiger partial charge is 0.497 e. The highest BCUT2D eigenvalue weighted by molar-refractivity contribution is 5.46.